The molecule has 4 rings (SSSR count). The van der Waals surface area contributed by atoms with Gasteiger partial charge in [0.15, 0.2) is 0 Å². The molecular formula is C32H33ClLiNO5S. The minimum atomic E-state index is -1.04. The maximum absolute atomic E-state index is 13.2. The molecule has 0 fully saturated rings. The summed E-state index contributed by atoms with van der Waals surface area (Å²) in [7, 11) is 0. The fourth-order valence-electron chi connectivity index (χ4n) is 4.35. The number of benzene rings is 3. The number of rotatable bonds is 13. The second kappa shape index (κ2) is 15.9. The van der Waals surface area contributed by atoms with E-state index in [4.69, 9.17) is 20.8 Å². The molecule has 41 heavy (non-hydrogen) atoms. The van der Waals surface area contributed by atoms with Gasteiger partial charge in [-0.2, -0.15) is 11.8 Å². The number of thioether (sulfide) groups is 1. The van der Waals surface area contributed by atoms with E-state index in [1.54, 1.807) is 17.8 Å². The summed E-state index contributed by atoms with van der Waals surface area (Å²) in [4.78, 5) is 25.0. The summed E-state index contributed by atoms with van der Waals surface area (Å²) in [5.41, 5.74) is 4.97. The molecule has 9 heteroatoms. The number of aliphatic carboxylic acids is 1. The van der Waals surface area contributed by atoms with E-state index in [0.29, 0.717) is 42.4 Å². The zero-order valence-corrected chi connectivity index (χ0v) is 24.1. The van der Waals surface area contributed by atoms with Crippen LogP contribution in [0.15, 0.2) is 83.3 Å². The van der Waals surface area contributed by atoms with Crippen LogP contribution in [-0.4, -0.2) is 60.5 Å². The summed E-state index contributed by atoms with van der Waals surface area (Å²) in [5.74, 6) is 0.794. The summed E-state index contributed by atoms with van der Waals surface area (Å²) >= 11 is 7.52. The van der Waals surface area contributed by atoms with Gasteiger partial charge in [-0.1, -0.05) is 41.9 Å². The Hall–Kier alpha value is -2.92. The summed E-state index contributed by atoms with van der Waals surface area (Å²) in [6, 6.07) is 23.8. The molecule has 3 aromatic carbocycles. The Morgan fingerprint density at radius 2 is 1.78 bits per heavy atom. The Bertz CT molecular complexity index is 1460. The number of hydrogen-bond acceptors (Lipinski definition) is 5. The van der Waals surface area contributed by atoms with Crippen LogP contribution < -0.4 is 5.32 Å². The van der Waals surface area contributed by atoms with Crippen molar-refractivity contribution in [1.82, 2.24) is 5.32 Å². The van der Waals surface area contributed by atoms with Gasteiger partial charge >= 0.3 is 24.8 Å². The quantitative estimate of drug-likeness (QED) is 0.135. The van der Waals surface area contributed by atoms with Crippen molar-refractivity contribution in [2.75, 3.05) is 18.6 Å². The van der Waals surface area contributed by atoms with Crippen LogP contribution in [0.25, 0.3) is 22.5 Å². The Morgan fingerprint density at radius 3 is 2.49 bits per heavy atom. The van der Waals surface area contributed by atoms with Gasteiger partial charge in [-0.25, -0.2) is 4.79 Å². The van der Waals surface area contributed by atoms with Crippen LogP contribution in [0.2, 0.25) is 5.02 Å². The summed E-state index contributed by atoms with van der Waals surface area (Å²) in [5, 5.41) is 13.0. The molecular weight excluding hydrogens is 553 g/mol. The van der Waals surface area contributed by atoms with Crippen molar-refractivity contribution in [3.63, 3.8) is 0 Å². The van der Waals surface area contributed by atoms with Gasteiger partial charge in [0.25, 0.3) is 5.91 Å². The molecule has 0 aliphatic rings. The van der Waals surface area contributed by atoms with Gasteiger partial charge in [0.05, 0.1) is 13.2 Å². The number of aryl methyl sites for hydroxylation is 1. The number of ether oxygens (including phenoxy) is 1. The average Bonchev–Trinajstić information content (AvgIpc) is 3.42. The number of halogens is 1. The fourth-order valence-corrected chi connectivity index (χ4v) is 4.95. The third kappa shape index (κ3) is 9.03. The second-order valence-electron chi connectivity index (χ2n) is 9.42. The molecule has 6 nitrogen and oxygen atoms in total. The molecule has 0 bridgehead atoms. The summed E-state index contributed by atoms with van der Waals surface area (Å²) < 4.78 is 11.9. The van der Waals surface area contributed by atoms with Crippen molar-refractivity contribution < 1.29 is 23.8 Å². The van der Waals surface area contributed by atoms with Gasteiger partial charge in [0.2, 0.25) is 0 Å². The molecule has 0 unspecified atom stereocenters. The van der Waals surface area contributed by atoms with Crippen LogP contribution in [0.5, 0.6) is 0 Å². The number of carboxylic acid groups (broad SMARTS) is 1. The van der Waals surface area contributed by atoms with Crippen LogP contribution in [-0.2, 0) is 22.6 Å². The molecule has 4 aromatic rings. The first-order valence-electron chi connectivity index (χ1n) is 13.0. The molecule has 0 aliphatic carbocycles. The van der Waals surface area contributed by atoms with Crippen molar-refractivity contribution in [3.05, 3.63) is 106 Å². The van der Waals surface area contributed by atoms with Gasteiger partial charge in [0, 0.05) is 22.6 Å². The molecule has 0 radical (unpaired) electrons. The van der Waals surface area contributed by atoms with E-state index in [1.165, 1.54) is 0 Å². The minimum absolute atomic E-state index is 0. The van der Waals surface area contributed by atoms with E-state index >= 15 is 0 Å². The van der Waals surface area contributed by atoms with Crippen molar-refractivity contribution >= 4 is 54.1 Å². The molecule has 1 atom stereocenters. The molecule has 0 spiro atoms. The van der Waals surface area contributed by atoms with E-state index < -0.39 is 17.9 Å². The van der Waals surface area contributed by atoms with E-state index in [-0.39, 0.29) is 18.9 Å². The standard InChI is InChI=1S/C32H32ClNO5S.Li.H/c1-21-5-3-4-6-26(21)28-19-22(7-13-27(28)31(35)34-29(32(36)37)16-18-40-2)20-38-17-15-25-12-14-30(39-25)23-8-10-24(33)11-9-23;;/h3-14,19,29H,15-18,20H2,1-2H3,(H,34,35)(H,36,37);;/t29-;;/m0../s1. The molecule has 0 saturated carbocycles. The summed E-state index contributed by atoms with van der Waals surface area (Å²) in [6.07, 6.45) is 2.88. The van der Waals surface area contributed by atoms with Gasteiger partial charge in [-0.15, -0.1) is 0 Å². The number of furan rings is 1. The topological polar surface area (TPSA) is 88.8 Å². The first kappa shape index (κ1) is 32.6. The van der Waals surface area contributed by atoms with Gasteiger partial charge in [-0.05, 0) is 96.1 Å². The molecule has 1 amide bonds. The molecule has 210 valence electrons. The molecule has 1 heterocycles. The van der Waals surface area contributed by atoms with Crippen LogP contribution in [0.1, 0.15) is 33.7 Å². The average molecular weight is 586 g/mol. The Kier molecular flexibility index (Phi) is 12.6. The summed E-state index contributed by atoms with van der Waals surface area (Å²) in [6.45, 7) is 2.81. The van der Waals surface area contributed by atoms with E-state index in [2.05, 4.69) is 5.32 Å². The zero-order valence-electron chi connectivity index (χ0n) is 22.5. The van der Waals surface area contributed by atoms with Gasteiger partial charge in [0.1, 0.15) is 17.6 Å². The van der Waals surface area contributed by atoms with Crippen molar-refractivity contribution in [1.29, 1.82) is 0 Å². The Labute approximate surface area is 262 Å². The molecule has 0 aliphatic heterocycles. The molecule has 1 aromatic heterocycles. The third-order valence-corrected chi connectivity index (χ3v) is 7.43. The number of amides is 1. The predicted molar refractivity (Wildman–Crippen MR) is 168 cm³/mol. The number of carboxylic acids is 1. The van der Waals surface area contributed by atoms with Crippen molar-refractivity contribution in [2.24, 2.45) is 0 Å². The number of carbonyl (C=O) groups is 2. The van der Waals surface area contributed by atoms with E-state index in [9.17, 15) is 14.7 Å². The molecule has 0 saturated heterocycles. The second-order valence-corrected chi connectivity index (χ2v) is 10.8. The number of carbonyl (C=O) groups excluding carboxylic acids is 1. The first-order valence-corrected chi connectivity index (χ1v) is 14.8. The zero-order chi connectivity index (χ0) is 28.5. The number of nitrogens with one attached hydrogen (secondary N) is 1. The van der Waals surface area contributed by atoms with Crippen LogP contribution >= 0.6 is 23.4 Å². The Balaban J connectivity index is 0.00000462. The first-order chi connectivity index (χ1) is 19.4. The molecule has 2 N–H and O–H groups in total. The van der Waals surface area contributed by atoms with Crippen molar-refractivity contribution in [3.8, 4) is 22.5 Å². The van der Waals surface area contributed by atoms with Crippen LogP contribution in [0, 0.1) is 6.92 Å². The SMILES string of the molecule is CSCC[C@H](NC(=O)c1ccc(COCCc2ccc(-c3ccc(Cl)cc3)o2)cc1-c1ccccc1C)C(=O)O.[LiH]. The fraction of sp³-hybridized carbons (Fsp3) is 0.250. The van der Waals surface area contributed by atoms with Crippen LogP contribution in [0.4, 0.5) is 0 Å². The van der Waals surface area contributed by atoms with E-state index in [1.807, 2.05) is 86.0 Å². The number of hydrogen-bond donors (Lipinski definition) is 2. The van der Waals surface area contributed by atoms with Crippen LogP contribution in [0.3, 0.4) is 0 Å². The maximum atomic E-state index is 13.2. The predicted octanol–water partition coefficient (Wildman–Crippen LogP) is 6.62. The third-order valence-electron chi connectivity index (χ3n) is 6.53. The Morgan fingerprint density at radius 1 is 1.02 bits per heavy atom. The van der Waals surface area contributed by atoms with Crippen molar-refractivity contribution in [2.45, 2.75) is 32.4 Å². The van der Waals surface area contributed by atoms with Gasteiger partial charge < -0.3 is 19.6 Å². The van der Waals surface area contributed by atoms with E-state index in [0.717, 1.165) is 39.3 Å². The van der Waals surface area contributed by atoms with Gasteiger partial charge in [-0.3, -0.25) is 4.79 Å². The monoisotopic (exact) mass is 585 g/mol. The normalized spacial score (nSPS) is 11.5.